The lowest BCUT2D eigenvalue weighted by Crippen LogP contribution is -2.44. The van der Waals surface area contributed by atoms with Gasteiger partial charge in [-0.2, -0.15) is 0 Å². The minimum absolute atomic E-state index is 0.0363. The van der Waals surface area contributed by atoms with E-state index in [-0.39, 0.29) is 11.8 Å². The Morgan fingerprint density at radius 2 is 2.35 bits per heavy atom. The third-order valence-corrected chi connectivity index (χ3v) is 4.01. The smallest absolute Gasteiger partial charge is 0.238 e. The third kappa shape index (κ3) is 4.71. The predicted octanol–water partition coefficient (Wildman–Crippen LogP) is 1.46. The summed E-state index contributed by atoms with van der Waals surface area (Å²) in [5.74, 6) is 6.53. The first-order valence-corrected chi connectivity index (χ1v) is 7.81. The van der Waals surface area contributed by atoms with E-state index in [2.05, 4.69) is 16.9 Å². The Morgan fingerprint density at radius 1 is 1.52 bits per heavy atom. The summed E-state index contributed by atoms with van der Waals surface area (Å²) >= 11 is 0. The number of benzene rings is 1. The summed E-state index contributed by atoms with van der Waals surface area (Å²) in [5, 5.41) is 0. The Balaban J connectivity index is 2.01. The van der Waals surface area contributed by atoms with Crippen molar-refractivity contribution >= 4 is 5.91 Å². The Bertz CT molecular complexity index is 548. The normalized spacial score (nSPS) is 18.3. The van der Waals surface area contributed by atoms with E-state index >= 15 is 0 Å². The van der Waals surface area contributed by atoms with Crippen LogP contribution in [0.5, 0.6) is 11.5 Å². The molecule has 6 heteroatoms. The highest BCUT2D eigenvalue weighted by Gasteiger charge is 2.25. The maximum absolute atomic E-state index is 11.7. The molecule has 0 spiro atoms. The standard InChI is InChI=1S/C17H25N3O3/c1-3-9-23-15-7-6-13(10-16(15)22-2)11-20-8-4-5-14(12-20)17(21)19-18/h3,6-7,10,14H,1,4-5,8-9,11-12,18H2,2H3,(H,19,21). The van der Waals surface area contributed by atoms with Crippen molar-refractivity contribution in [3.63, 3.8) is 0 Å². The summed E-state index contributed by atoms with van der Waals surface area (Å²) in [6.07, 6.45) is 3.58. The van der Waals surface area contributed by atoms with Gasteiger partial charge in [-0.3, -0.25) is 15.1 Å². The third-order valence-electron chi connectivity index (χ3n) is 4.01. The number of carbonyl (C=O) groups excluding carboxylic acids is 1. The highest BCUT2D eigenvalue weighted by molar-refractivity contribution is 5.78. The number of methoxy groups -OCH3 is 1. The van der Waals surface area contributed by atoms with Crippen LogP contribution in [0.1, 0.15) is 18.4 Å². The van der Waals surface area contributed by atoms with Gasteiger partial charge in [0.25, 0.3) is 0 Å². The SMILES string of the molecule is C=CCOc1ccc(CN2CCCC(C(=O)NN)C2)cc1OC. The zero-order valence-electron chi connectivity index (χ0n) is 13.6. The van der Waals surface area contributed by atoms with Gasteiger partial charge in [0.2, 0.25) is 5.91 Å². The second kappa shape index (κ2) is 8.55. The van der Waals surface area contributed by atoms with Crippen LogP contribution in [0.3, 0.4) is 0 Å². The molecule has 1 amide bonds. The minimum Gasteiger partial charge on any atom is -0.493 e. The molecule has 1 heterocycles. The number of hydrazine groups is 1. The minimum atomic E-state index is -0.0829. The number of nitrogens with one attached hydrogen (secondary N) is 1. The molecule has 0 aromatic heterocycles. The summed E-state index contributed by atoms with van der Waals surface area (Å²) in [6.45, 7) is 6.55. The van der Waals surface area contributed by atoms with Crippen LogP contribution in [0.2, 0.25) is 0 Å². The second-order valence-electron chi connectivity index (χ2n) is 5.67. The average Bonchev–Trinajstić information content (AvgIpc) is 2.60. The van der Waals surface area contributed by atoms with Gasteiger partial charge in [0.05, 0.1) is 13.0 Å². The molecule has 6 nitrogen and oxygen atoms in total. The highest BCUT2D eigenvalue weighted by atomic mass is 16.5. The molecule has 3 N–H and O–H groups in total. The maximum atomic E-state index is 11.7. The predicted molar refractivity (Wildman–Crippen MR) is 89.0 cm³/mol. The first kappa shape index (κ1) is 17.3. The van der Waals surface area contributed by atoms with Gasteiger partial charge in [-0.25, -0.2) is 5.84 Å². The molecule has 1 unspecified atom stereocenters. The van der Waals surface area contributed by atoms with Crippen LogP contribution in [0.4, 0.5) is 0 Å². The molecule has 1 saturated heterocycles. The van der Waals surface area contributed by atoms with Crippen molar-refractivity contribution in [1.82, 2.24) is 10.3 Å². The van der Waals surface area contributed by atoms with Crippen molar-refractivity contribution in [3.05, 3.63) is 36.4 Å². The van der Waals surface area contributed by atoms with Crippen LogP contribution in [-0.2, 0) is 11.3 Å². The second-order valence-corrected chi connectivity index (χ2v) is 5.67. The van der Waals surface area contributed by atoms with Crippen LogP contribution >= 0.6 is 0 Å². The first-order chi connectivity index (χ1) is 11.2. The van der Waals surface area contributed by atoms with E-state index < -0.39 is 0 Å². The number of hydrogen-bond donors (Lipinski definition) is 2. The van der Waals surface area contributed by atoms with E-state index in [0.717, 1.165) is 38.0 Å². The van der Waals surface area contributed by atoms with Gasteiger partial charge in [-0.05, 0) is 37.1 Å². The molecule has 0 saturated carbocycles. The number of ether oxygens (including phenoxy) is 2. The van der Waals surface area contributed by atoms with E-state index in [1.54, 1.807) is 13.2 Å². The number of carbonyl (C=O) groups is 1. The largest absolute Gasteiger partial charge is 0.493 e. The Hall–Kier alpha value is -2.05. The number of amides is 1. The number of hydrogen-bond acceptors (Lipinski definition) is 5. The van der Waals surface area contributed by atoms with E-state index in [1.165, 1.54) is 0 Å². The molecule has 1 fully saturated rings. The average molecular weight is 319 g/mol. The number of piperidine rings is 1. The lowest BCUT2D eigenvalue weighted by atomic mass is 9.97. The van der Waals surface area contributed by atoms with E-state index in [0.29, 0.717) is 18.1 Å². The molecule has 1 aromatic rings. The van der Waals surface area contributed by atoms with Gasteiger partial charge in [-0.1, -0.05) is 18.7 Å². The van der Waals surface area contributed by atoms with Gasteiger partial charge in [0.15, 0.2) is 11.5 Å². The van der Waals surface area contributed by atoms with Crippen LogP contribution < -0.4 is 20.7 Å². The monoisotopic (exact) mass is 319 g/mol. The lowest BCUT2D eigenvalue weighted by Gasteiger charge is -2.31. The molecule has 1 aromatic carbocycles. The highest BCUT2D eigenvalue weighted by Crippen LogP contribution is 2.29. The van der Waals surface area contributed by atoms with Crippen molar-refractivity contribution in [2.75, 3.05) is 26.8 Å². The summed E-state index contributed by atoms with van der Waals surface area (Å²) in [5.41, 5.74) is 3.38. The summed E-state index contributed by atoms with van der Waals surface area (Å²) in [6, 6.07) is 5.91. The van der Waals surface area contributed by atoms with Crippen LogP contribution in [0.25, 0.3) is 0 Å². The maximum Gasteiger partial charge on any atom is 0.238 e. The number of likely N-dealkylation sites (tertiary alicyclic amines) is 1. The summed E-state index contributed by atoms with van der Waals surface area (Å²) in [7, 11) is 1.63. The Morgan fingerprint density at radius 3 is 3.04 bits per heavy atom. The van der Waals surface area contributed by atoms with Gasteiger partial charge in [0, 0.05) is 13.1 Å². The fraction of sp³-hybridized carbons (Fsp3) is 0.471. The number of rotatable bonds is 7. The Labute approximate surface area is 137 Å². The molecule has 0 radical (unpaired) electrons. The van der Waals surface area contributed by atoms with E-state index in [9.17, 15) is 4.79 Å². The Kier molecular flexibility index (Phi) is 6.43. The molecule has 2 rings (SSSR count). The summed E-state index contributed by atoms with van der Waals surface area (Å²) < 4.78 is 11.0. The number of nitrogens with zero attached hydrogens (tertiary/aromatic N) is 1. The zero-order valence-corrected chi connectivity index (χ0v) is 13.6. The number of nitrogens with two attached hydrogens (primary N) is 1. The molecule has 1 atom stereocenters. The van der Waals surface area contributed by atoms with Crippen molar-refractivity contribution in [1.29, 1.82) is 0 Å². The van der Waals surface area contributed by atoms with Crippen molar-refractivity contribution in [2.24, 2.45) is 11.8 Å². The lowest BCUT2D eigenvalue weighted by molar-refractivity contribution is -0.126. The summed E-state index contributed by atoms with van der Waals surface area (Å²) in [4.78, 5) is 14.0. The molecular formula is C17H25N3O3. The topological polar surface area (TPSA) is 76.8 Å². The molecule has 1 aliphatic heterocycles. The van der Waals surface area contributed by atoms with Crippen molar-refractivity contribution in [3.8, 4) is 11.5 Å². The molecular weight excluding hydrogens is 294 g/mol. The quantitative estimate of drug-likeness (QED) is 0.344. The van der Waals surface area contributed by atoms with Crippen LogP contribution in [-0.4, -0.2) is 37.6 Å². The molecule has 0 bridgehead atoms. The fourth-order valence-electron chi connectivity index (χ4n) is 2.87. The van der Waals surface area contributed by atoms with Gasteiger partial charge in [-0.15, -0.1) is 0 Å². The fourth-order valence-corrected chi connectivity index (χ4v) is 2.87. The van der Waals surface area contributed by atoms with Crippen molar-refractivity contribution in [2.45, 2.75) is 19.4 Å². The molecule has 126 valence electrons. The zero-order chi connectivity index (χ0) is 16.7. The molecule has 23 heavy (non-hydrogen) atoms. The van der Waals surface area contributed by atoms with E-state index in [4.69, 9.17) is 15.3 Å². The van der Waals surface area contributed by atoms with Gasteiger partial charge < -0.3 is 9.47 Å². The van der Waals surface area contributed by atoms with Crippen molar-refractivity contribution < 1.29 is 14.3 Å². The van der Waals surface area contributed by atoms with Gasteiger partial charge >= 0.3 is 0 Å². The van der Waals surface area contributed by atoms with E-state index in [1.807, 2.05) is 18.2 Å². The van der Waals surface area contributed by atoms with Crippen LogP contribution in [0.15, 0.2) is 30.9 Å². The molecule has 1 aliphatic rings. The van der Waals surface area contributed by atoms with Crippen LogP contribution in [0, 0.1) is 5.92 Å². The van der Waals surface area contributed by atoms with Gasteiger partial charge in [0.1, 0.15) is 6.61 Å². The molecule has 0 aliphatic carbocycles. The first-order valence-electron chi connectivity index (χ1n) is 7.81.